The van der Waals surface area contributed by atoms with Crippen LogP contribution in [0.25, 0.3) is 11.3 Å². The van der Waals surface area contributed by atoms with Crippen LogP contribution in [0, 0.1) is 11.7 Å². The third kappa shape index (κ3) is 6.66. The molecule has 2 saturated heterocycles. The molecule has 0 radical (unpaired) electrons. The molecular weight excluding hydrogens is 548 g/mol. The summed E-state index contributed by atoms with van der Waals surface area (Å²) in [6.45, 7) is -1.17. The molecule has 0 spiro atoms. The SMILES string of the molecule is O=C(O)[C@@H]1C[C@@H](O)CN1C(=O)c1ccc(-c2ccc(OCC3CCN(CC(F)(F)C(F)(F)F)CC3)cn2)cc1F. The zero-order chi connectivity index (χ0) is 29.2. The lowest BCUT2D eigenvalue weighted by atomic mass is 9.97. The molecule has 1 amide bonds. The minimum Gasteiger partial charge on any atom is -0.492 e. The standard InChI is InChI=1S/C26H27F6N3O5/c27-20-9-16(1-3-19(20)23(37)35-12-17(36)10-22(35)24(38)39)21-4-2-18(11-33-21)40-13-15-5-7-34(8-6-15)14-25(28,29)26(30,31)32/h1-4,9,11,15,17,22,36H,5-8,10,12-14H2,(H,38,39)/t17-,22+/m1/s1. The fourth-order valence-corrected chi connectivity index (χ4v) is 4.81. The number of aliphatic hydroxyl groups excluding tert-OH is 1. The number of carboxylic acid groups (broad SMARTS) is 1. The molecule has 0 aliphatic carbocycles. The summed E-state index contributed by atoms with van der Waals surface area (Å²) in [5.74, 6) is -7.42. The highest BCUT2D eigenvalue weighted by molar-refractivity contribution is 5.97. The first-order valence-corrected chi connectivity index (χ1v) is 12.5. The number of alkyl halides is 5. The minimum atomic E-state index is -5.58. The molecule has 14 heteroatoms. The van der Waals surface area contributed by atoms with Crippen molar-refractivity contribution in [1.82, 2.24) is 14.8 Å². The predicted molar refractivity (Wildman–Crippen MR) is 128 cm³/mol. The van der Waals surface area contributed by atoms with E-state index in [4.69, 9.17) is 4.74 Å². The number of benzene rings is 1. The van der Waals surface area contributed by atoms with Crippen LogP contribution in [0.4, 0.5) is 26.3 Å². The lowest BCUT2D eigenvalue weighted by molar-refractivity contribution is -0.287. The fourth-order valence-electron chi connectivity index (χ4n) is 4.81. The number of rotatable bonds is 8. The van der Waals surface area contributed by atoms with E-state index in [2.05, 4.69) is 4.98 Å². The second-order valence-electron chi connectivity index (χ2n) is 10.0. The van der Waals surface area contributed by atoms with Gasteiger partial charge >= 0.3 is 18.1 Å². The molecule has 2 fully saturated rings. The Kier molecular flexibility index (Phi) is 8.59. The van der Waals surface area contributed by atoms with Crippen molar-refractivity contribution in [2.24, 2.45) is 5.92 Å². The number of β-amino-alcohol motifs (C(OH)–C–C–N with tert-alkyl or cyclic N) is 1. The van der Waals surface area contributed by atoms with Gasteiger partial charge in [-0.15, -0.1) is 0 Å². The van der Waals surface area contributed by atoms with E-state index in [9.17, 15) is 46.1 Å². The van der Waals surface area contributed by atoms with Gasteiger partial charge in [0, 0.05) is 18.5 Å². The van der Waals surface area contributed by atoms with E-state index in [1.165, 1.54) is 18.3 Å². The number of piperidine rings is 1. The van der Waals surface area contributed by atoms with Crippen LogP contribution >= 0.6 is 0 Å². The average Bonchev–Trinajstić information content (AvgIpc) is 3.29. The average molecular weight is 576 g/mol. The van der Waals surface area contributed by atoms with E-state index < -0.39 is 48.5 Å². The van der Waals surface area contributed by atoms with Crippen molar-refractivity contribution >= 4 is 11.9 Å². The number of ether oxygens (including phenoxy) is 1. The highest BCUT2D eigenvalue weighted by Crippen LogP contribution is 2.36. The number of aliphatic carboxylic acids is 1. The van der Waals surface area contributed by atoms with Crippen LogP contribution in [-0.4, -0.2) is 93.9 Å². The summed E-state index contributed by atoms with van der Waals surface area (Å²) < 4.78 is 84.3. The Balaban J connectivity index is 1.30. The number of hydrogen-bond donors (Lipinski definition) is 2. The topological polar surface area (TPSA) is 103 Å². The maximum absolute atomic E-state index is 14.8. The van der Waals surface area contributed by atoms with Crippen LogP contribution in [0.3, 0.4) is 0 Å². The van der Waals surface area contributed by atoms with Crippen LogP contribution in [0.1, 0.15) is 29.6 Å². The molecule has 1 aromatic heterocycles. The van der Waals surface area contributed by atoms with Crippen molar-refractivity contribution in [2.75, 3.05) is 32.8 Å². The molecule has 0 saturated carbocycles. The first kappa shape index (κ1) is 29.6. The molecule has 2 atom stereocenters. The minimum absolute atomic E-state index is 0.0351. The summed E-state index contributed by atoms with van der Waals surface area (Å²) in [6.07, 6.45) is -4.54. The first-order valence-electron chi connectivity index (χ1n) is 12.5. The Morgan fingerprint density at radius 3 is 2.35 bits per heavy atom. The fraction of sp³-hybridized carbons (Fsp3) is 0.500. The van der Waals surface area contributed by atoms with E-state index in [-0.39, 0.29) is 44.1 Å². The number of carboxylic acids is 1. The number of amides is 1. The Labute approximate surface area is 225 Å². The second-order valence-corrected chi connectivity index (χ2v) is 10.0. The van der Waals surface area contributed by atoms with Crippen molar-refractivity contribution in [3.8, 4) is 17.0 Å². The van der Waals surface area contributed by atoms with E-state index in [1.54, 1.807) is 12.1 Å². The van der Waals surface area contributed by atoms with E-state index in [0.29, 0.717) is 29.8 Å². The summed E-state index contributed by atoms with van der Waals surface area (Å²) >= 11 is 0. The molecule has 0 bridgehead atoms. The van der Waals surface area contributed by atoms with Gasteiger partial charge in [0.15, 0.2) is 0 Å². The molecule has 0 unspecified atom stereocenters. The number of carbonyl (C=O) groups excluding carboxylic acids is 1. The summed E-state index contributed by atoms with van der Waals surface area (Å²) in [6, 6.07) is 5.67. The molecule has 3 heterocycles. The molecule has 2 aliphatic rings. The maximum Gasteiger partial charge on any atom is 0.454 e. The third-order valence-corrected chi connectivity index (χ3v) is 7.09. The van der Waals surface area contributed by atoms with Crippen molar-refractivity contribution in [1.29, 1.82) is 0 Å². The lowest BCUT2D eigenvalue weighted by Gasteiger charge is -2.34. The molecule has 8 nitrogen and oxygen atoms in total. The zero-order valence-corrected chi connectivity index (χ0v) is 21.1. The van der Waals surface area contributed by atoms with Crippen molar-refractivity contribution in [3.05, 3.63) is 47.9 Å². The van der Waals surface area contributed by atoms with Gasteiger partial charge in [0.1, 0.15) is 17.6 Å². The summed E-state index contributed by atoms with van der Waals surface area (Å²) in [7, 11) is 0. The Morgan fingerprint density at radius 1 is 1.07 bits per heavy atom. The molecule has 2 aliphatic heterocycles. The number of nitrogens with zero attached hydrogens (tertiary/aromatic N) is 3. The molecule has 1 aromatic carbocycles. The number of aliphatic hydroxyl groups is 1. The number of halogens is 6. The van der Waals surface area contributed by atoms with Crippen LogP contribution < -0.4 is 4.74 Å². The van der Waals surface area contributed by atoms with E-state index in [0.717, 1.165) is 15.9 Å². The maximum atomic E-state index is 14.8. The normalized spacial score (nSPS) is 21.0. The second kappa shape index (κ2) is 11.6. The Bertz CT molecular complexity index is 1220. The summed E-state index contributed by atoms with van der Waals surface area (Å²) in [5, 5.41) is 19.0. The summed E-state index contributed by atoms with van der Waals surface area (Å²) in [5.41, 5.74) is 0.376. The van der Waals surface area contributed by atoms with Gasteiger partial charge in [-0.3, -0.25) is 14.7 Å². The van der Waals surface area contributed by atoms with Gasteiger partial charge in [-0.1, -0.05) is 6.07 Å². The third-order valence-electron chi connectivity index (χ3n) is 7.09. The van der Waals surface area contributed by atoms with Gasteiger partial charge in [-0.05, 0) is 56.1 Å². The van der Waals surface area contributed by atoms with Gasteiger partial charge in [0.05, 0.1) is 36.7 Å². The first-order chi connectivity index (χ1) is 18.7. The van der Waals surface area contributed by atoms with Gasteiger partial charge in [-0.25, -0.2) is 9.18 Å². The van der Waals surface area contributed by atoms with Crippen LogP contribution in [0.15, 0.2) is 36.5 Å². The smallest absolute Gasteiger partial charge is 0.454 e. The van der Waals surface area contributed by atoms with Gasteiger partial charge in [0.2, 0.25) is 0 Å². The van der Waals surface area contributed by atoms with Crippen molar-refractivity contribution in [2.45, 2.75) is 43.5 Å². The lowest BCUT2D eigenvalue weighted by Crippen LogP contribution is -2.49. The van der Waals surface area contributed by atoms with Crippen LogP contribution in [-0.2, 0) is 4.79 Å². The highest BCUT2D eigenvalue weighted by atomic mass is 19.4. The monoisotopic (exact) mass is 575 g/mol. The Hall–Kier alpha value is -3.39. The van der Waals surface area contributed by atoms with Crippen LogP contribution in [0.5, 0.6) is 5.75 Å². The number of aromatic nitrogens is 1. The number of carbonyl (C=O) groups is 2. The van der Waals surface area contributed by atoms with E-state index >= 15 is 0 Å². The van der Waals surface area contributed by atoms with Gasteiger partial charge in [0.25, 0.3) is 5.91 Å². The molecule has 4 rings (SSSR count). The summed E-state index contributed by atoms with van der Waals surface area (Å²) in [4.78, 5) is 30.4. The molecular formula is C26H27F6N3O5. The highest BCUT2D eigenvalue weighted by Gasteiger charge is 2.58. The quantitative estimate of drug-likeness (QED) is 0.462. The number of hydrogen-bond acceptors (Lipinski definition) is 6. The van der Waals surface area contributed by atoms with Gasteiger partial charge < -0.3 is 19.8 Å². The zero-order valence-electron chi connectivity index (χ0n) is 21.1. The Morgan fingerprint density at radius 2 is 1.77 bits per heavy atom. The molecule has 2 N–H and O–H groups in total. The van der Waals surface area contributed by atoms with Crippen molar-refractivity contribution < 1.29 is 50.9 Å². The predicted octanol–water partition coefficient (Wildman–Crippen LogP) is 3.84. The van der Waals surface area contributed by atoms with E-state index in [1.807, 2.05) is 0 Å². The van der Waals surface area contributed by atoms with Crippen molar-refractivity contribution in [3.63, 3.8) is 0 Å². The van der Waals surface area contributed by atoms with Gasteiger partial charge in [-0.2, -0.15) is 22.0 Å². The number of likely N-dealkylation sites (tertiary alicyclic amines) is 2. The molecule has 218 valence electrons. The molecule has 2 aromatic rings. The largest absolute Gasteiger partial charge is 0.492 e. The van der Waals surface area contributed by atoms with Crippen LogP contribution in [0.2, 0.25) is 0 Å². The molecule has 40 heavy (non-hydrogen) atoms. The number of pyridine rings is 1.